The van der Waals surface area contributed by atoms with Gasteiger partial charge in [0.25, 0.3) is 5.91 Å². The summed E-state index contributed by atoms with van der Waals surface area (Å²) in [5.74, 6) is -0.479. The highest BCUT2D eigenvalue weighted by molar-refractivity contribution is 5.94. The number of hydrogen-bond donors (Lipinski definition) is 1. The van der Waals surface area contributed by atoms with Gasteiger partial charge in [0.1, 0.15) is 0 Å². The first-order valence-corrected chi connectivity index (χ1v) is 7.44. The number of aliphatic hydroxyl groups is 1. The molecule has 1 amide bonds. The summed E-state index contributed by atoms with van der Waals surface area (Å²) in [4.78, 5) is 15.8. The second-order valence-corrected chi connectivity index (χ2v) is 6.37. The van der Waals surface area contributed by atoms with Crippen molar-refractivity contribution in [3.8, 4) is 0 Å². The number of nitrogens with zero attached hydrogens (tertiary/aromatic N) is 2. The second-order valence-electron chi connectivity index (χ2n) is 6.37. The van der Waals surface area contributed by atoms with Crippen LogP contribution in [0, 0.1) is 0 Å². The Balaban J connectivity index is 2.17. The maximum Gasteiger partial charge on any atom is 0.416 e. The third-order valence-electron chi connectivity index (χ3n) is 3.89. The fourth-order valence-corrected chi connectivity index (χ4v) is 3.01. The van der Waals surface area contributed by atoms with Crippen LogP contribution in [0.15, 0.2) is 24.3 Å². The number of likely N-dealkylation sites (tertiary alicyclic amines) is 1. The number of likely N-dealkylation sites (N-methyl/N-ethyl adjacent to an activating group) is 1. The molecule has 1 saturated heterocycles. The van der Waals surface area contributed by atoms with Gasteiger partial charge in [-0.15, -0.1) is 0 Å². The maximum atomic E-state index is 12.8. The van der Waals surface area contributed by atoms with Crippen molar-refractivity contribution in [1.82, 2.24) is 9.80 Å². The summed E-state index contributed by atoms with van der Waals surface area (Å²) in [6.45, 7) is 0.963. The number of halogens is 3. The quantitative estimate of drug-likeness (QED) is 0.924. The number of carbonyl (C=O) groups is 1. The largest absolute Gasteiger partial charge is 0.416 e. The lowest BCUT2D eigenvalue weighted by Gasteiger charge is -2.40. The molecular formula is C16H21F3N2O2. The van der Waals surface area contributed by atoms with E-state index in [1.807, 2.05) is 19.0 Å². The molecule has 1 aliphatic heterocycles. The molecule has 128 valence electrons. The van der Waals surface area contributed by atoms with E-state index in [4.69, 9.17) is 0 Å². The van der Waals surface area contributed by atoms with Crippen LogP contribution in [-0.4, -0.2) is 60.1 Å². The number of hydrogen-bond acceptors (Lipinski definition) is 3. The predicted octanol–water partition coefficient (Wildman–Crippen LogP) is 2.23. The van der Waals surface area contributed by atoms with Crippen LogP contribution in [0.3, 0.4) is 0 Å². The fourth-order valence-electron chi connectivity index (χ4n) is 3.01. The summed E-state index contributed by atoms with van der Waals surface area (Å²) < 4.78 is 38.3. The highest BCUT2D eigenvalue weighted by Gasteiger charge is 2.36. The standard InChI is InChI=1S/C16H21F3N2O2/c1-20(2)10-15(23)7-4-8-21(11-15)14(22)12-5-3-6-13(9-12)16(17,18)19/h3,5-6,9,23H,4,7-8,10-11H2,1-2H3. The lowest BCUT2D eigenvalue weighted by atomic mass is 9.92. The van der Waals surface area contributed by atoms with E-state index in [1.165, 1.54) is 17.0 Å². The summed E-state index contributed by atoms with van der Waals surface area (Å²) in [5, 5.41) is 10.6. The van der Waals surface area contributed by atoms with Crippen LogP contribution in [0.5, 0.6) is 0 Å². The number of amides is 1. The topological polar surface area (TPSA) is 43.8 Å². The van der Waals surface area contributed by atoms with Gasteiger partial charge >= 0.3 is 6.18 Å². The molecule has 1 fully saturated rings. The summed E-state index contributed by atoms with van der Waals surface area (Å²) in [6.07, 6.45) is -3.30. The van der Waals surface area contributed by atoms with Gasteiger partial charge in [0.05, 0.1) is 17.7 Å². The highest BCUT2D eigenvalue weighted by atomic mass is 19.4. The van der Waals surface area contributed by atoms with Crippen molar-refractivity contribution in [2.24, 2.45) is 0 Å². The molecule has 4 nitrogen and oxygen atoms in total. The van der Waals surface area contributed by atoms with Crippen molar-refractivity contribution in [2.75, 3.05) is 33.7 Å². The summed E-state index contributed by atoms with van der Waals surface area (Å²) >= 11 is 0. The Kier molecular flexibility index (Phi) is 5.01. The normalized spacial score (nSPS) is 22.5. The third-order valence-corrected chi connectivity index (χ3v) is 3.89. The van der Waals surface area contributed by atoms with E-state index < -0.39 is 23.2 Å². The van der Waals surface area contributed by atoms with Gasteiger partial charge in [-0.25, -0.2) is 0 Å². The van der Waals surface area contributed by atoms with Crippen LogP contribution in [0.2, 0.25) is 0 Å². The number of rotatable bonds is 3. The average Bonchev–Trinajstić information content (AvgIpc) is 2.44. The monoisotopic (exact) mass is 330 g/mol. The van der Waals surface area contributed by atoms with Gasteiger partial charge in [-0.05, 0) is 45.1 Å². The van der Waals surface area contributed by atoms with E-state index in [0.29, 0.717) is 25.9 Å². The summed E-state index contributed by atoms with van der Waals surface area (Å²) in [5.41, 5.74) is -1.88. The van der Waals surface area contributed by atoms with E-state index in [1.54, 1.807) is 0 Å². The molecular weight excluding hydrogens is 309 g/mol. The van der Waals surface area contributed by atoms with Crippen LogP contribution in [0.4, 0.5) is 13.2 Å². The first-order chi connectivity index (χ1) is 10.6. The first-order valence-electron chi connectivity index (χ1n) is 7.44. The predicted molar refractivity (Wildman–Crippen MR) is 80.1 cm³/mol. The van der Waals surface area contributed by atoms with Crippen molar-refractivity contribution in [2.45, 2.75) is 24.6 Å². The van der Waals surface area contributed by atoms with Crippen LogP contribution < -0.4 is 0 Å². The van der Waals surface area contributed by atoms with Crippen LogP contribution in [-0.2, 0) is 6.18 Å². The molecule has 1 atom stereocenters. The van der Waals surface area contributed by atoms with Crippen LogP contribution in [0.1, 0.15) is 28.8 Å². The summed E-state index contributed by atoms with van der Waals surface area (Å²) in [6, 6.07) is 4.40. The second kappa shape index (κ2) is 6.49. The van der Waals surface area contributed by atoms with Gasteiger partial charge in [0, 0.05) is 18.7 Å². The van der Waals surface area contributed by atoms with E-state index in [2.05, 4.69) is 0 Å². The van der Waals surface area contributed by atoms with Gasteiger partial charge in [-0.2, -0.15) is 13.2 Å². The van der Waals surface area contributed by atoms with E-state index in [9.17, 15) is 23.1 Å². The minimum absolute atomic E-state index is 0.00562. The molecule has 0 aliphatic carbocycles. The number of β-amino-alcohol motifs (C(OH)–C–C–N with tert-alkyl or cyclic N) is 1. The van der Waals surface area contributed by atoms with Gasteiger partial charge in [0.2, 0.25) is 0 Å². The van der Waals surface area contributed by atoms with Gasteiger partial charge in [-0.3, -0.25) is 4.79 Å². The molecule has 0 saturated carbocycles. The summed E-state index contributed by atoms with van der Waals surface area (Å²) in [7, 11) is 3.65. The minimum Gasteiger partial charge on any atom is -0.387 e. The number of alkyl halides is 3. The smallest absolute Gasteiger partial charge is 0.387 e. The molecule has 1 unspecified atom stereocenters. The Morgan fingerprint density at radius 1 is 1.39 bits per heavy atom. The fraction of sp³-hybridized carbons (Fsp3) is 0.562. The Morgan fingerprint density at radius 3 is 2.70 bits per heavy atom. The van der Waals surface area contributed by atoms with Gasteiger partial charge in [0.15, 0.2) is 0 Å². The van der Waals surface area contributed by atoms with Crippen molar-refractivity contribution < 1.29 is 23.1 Å². The molecule has 1 N–H and O–H groups in total. The van der Waals surface area contributed by atoms with Gasteiger partial charge in [-0.1, -0.05) is 6.07 Å². The Bertz CT molecular complexity index is 575. The molecule has 0 aromatic heterocycles. The number of piperidine rings is 1. The molecule has 1 aromatic carbocycles. The lowest BCUT2D eigenvalue weighted by molar-refractivity contribution is -0.137. The Hall–Kier alpha value is -1.60. The van der Waals surface area contributed by atoms with E-state index in [0.717, 1.165) is 12.1 Å². The lowest BCUT2D eigenvalue weighted by Crippen LogP contribution is -2.54. The molecule has 0 bridgehead atoms. The molecule has 0 radical (unpaired) electrons. The van der Waals surface area contributed by atoms with Gasteiger partial charge < -0.3 is 14.9 Å². The van der Waals surface area contributed by atoms with Crippen LogP contribution >= 0.6 is 0 Å². The third kappa shape index (κ3) is 4.45. The van der Waals surface area contributed by atoms with E-state index >= 15 is 0 Å². The number of carbonyl (C=O) groups excluding carboxylic acids is 1. The minimum atomic E-state index is -4.48. The maximum absolute atomic E-state index is 12.8. The van der Waals surface area contributed by atoms with Crippen molar-refractivity contribution in [3.05, 3.63) is 35.4 Å². The molecule has 23 heavy (non-hydrogen) atoms. The SMILES string of the molecule is CN(C)CC1(O)CCCN(C(=O)c2cccc(C(F)(F)F)c2)C1. The zero-order chi connectivity index (χ0) is 17.3. The Labute approximate surface area is 133 Å². The average molecular weight is 330 g/mol. The Morgan fingerprint density at radius 2 is 2.09 bits per heavy atom. The molecule has 1 aliphatic rings. The zero-order valence-corrected chi connectivity index (χ0v) is 13.2. The molecule has 0 spiro atoms. The zero-order valence-electron chi connectivity index (χ0n) is 13.2. The highest BCUT2D eigenvalue weighted by Crippen LogP contribution is 2.30. The van der Waals surface area contributed by atoms with Crippen molar-refractivity contribution >= 4 is 5.91 Å². The first kappa shape index (κ1) is 17.7. The molecule has 7 heteroatoms. The van der Waals surface area contributed by atoms with Crippen molar-refractivity contribution in [1.29, 1.82) is 0 Å². The number of benzene rings is 1. The molecule has 1 aromatic rings. The van der Waals surface area contributed by atoms with Crippen LogP contribution in [0.25, 0.3) is 0 Å². The molecule has 2 rings (SSSR count). The molecule has 1 heterocycles. The van der Waals surface area contributed by atoms with E-state index in [-0.39, 0.29) is 12.1 Å². The van der Waals surface area contributed by atoms with Crippen molar-refractivity contribution in [3.63, 3.8) is 0 Å².